The standard InChI is InChI=1S/C39H30N2/c1-2-28-23-32(30-17-9-4-10-18-30)26-37-39(28)38-33(27-41(37)35-21-13-6-14-22-35)24-31(29-15-7-3-8-16-29)25-36(38)40-34-19-11-5-12-20-34/h2-26H,27H2,1H3/b28-2-,40-36?. The number of fused-ring (bicyclic) bond motifs is 2. The molecular formula is C39H30N2. The molecular weight excluding hydrogens is 496 g/mol. The molecule has 0 fully saturated rings. The van der Waals surface area contributed by atoms with Crippen molar-refractivity contribution in [2.75, 3.05) is 11.4 Å². The van der Waals surface area contributed by atoms with Crippen LogP contribution in [0.5, 0.6) is 0 Å². The lowest BCUT2D eigenvalue weighted by atomic mass is 9.84. The molecule has 0 radical (unpaired) electrons. The number of aliphatic imine (C=N–C) groups is 1. The van der Waals surface area contributed by atoms with Crippen molar-refractivity contribution in [3.05, 3.63) is 167 Å². The summed E-state index contributed by atoms with van der Waals surface area (Å²) in [6.07, 6.45) is 6.85. The van der Waals surface area contributed by atoms with E-state index >= 15 is 0 Å². The van der Waals surface area contributed by atoms with Crippen LogP contribution in [-0.2, 0) is 0 Å². The fraction of sp³-hybridized carbons (Fsp3) is 0.0513. The van der Waals surface area contributed by atoms with Crippen molar-refractivity contribution in [3.63, 3.8) is 0 Å². The third kappa shape index (κ3) is 4.74. The van der Waals surface area contributed by atoms with E-state index in [2.05, 4.69) is 157 Å². The van der Waals surface area contributed by atoms with E-state index in [1.54, 1.807) is 0 Å². The van der Waals surface area contributed by atoms with E-state index in [1.807, 2.05) is 6.07 Å². The molecule has 2 heteroatoms. The molecule has 1 heterocycles. The largest absolute Gasteiger partial charge is 0.336 e. The first-order chi connectivity index (χ1) is 20.3. The molecule has 0 saturated carbocycles. The van der Waals surface area contributed by atoms with Crippen molar-refractivity contribution in [2.45, 2.75) is 6.92 Å². The third-order valence-electron chi connectivity index (χ3n) is 7.82. The van der Waals surface area contributed by atoms with Crippen LogP contribution < -0.4 is 15.3 Å². The zero-order valence-electron chi connectivity index (χ0n) is 23.0. The number of allylic oxidation sites excluding steroid dienone is 3. The normalized spacial score (nSPS) is 15.7. The predicted molar refractivity (Wildman–Crippen MR) is 174 cm³/mol. The molecule has 5 aromatic carbocycles. The third-order valence-corrected chi connectivity index (χ3v) is 7.82. The molecule has 0 amide bonds. The van der Waals surface area contributed by atoms with Crippen LogP contribution in [-0.4, -0.2) is 12.3 Å². The van der Waals surface area contributed by atoms with Gasteiger partial charge < -0.3 is 4.90 Å². The maximum Gasteiger partial charge on any atom is 0.0725 e. The van der Waals surface area contributed by atoms with Gasteiger partial charge in [-0.15, -0.1) is 0 Å². The Balaban J connectivity index is 1.57. The molecule has 0 spiro atoms. The average molecular weight is 527 g/mol. The highest BCUT2D eigenvalue weighted by atomic mass is 15.1. The van der Waals surface area contributed by atoms with Gasteiger partial charge in [-0.1, -0.05) is 103 Å². The van der Waals surface area contributed by atoms with Gasteiger partial charge in [0.05, 0.1) is 17.1 Å². The van der Waals surface area contributed by atoms with Gasteiger partial charge >= 0.3 is 0 Å². The van der Waals surface area contributed by atoms with Crippen molar-refractivity contribution in [1.82, 2.24) is 0 Å². The SMILES string of the molecule is C/C=c1/cc(-c2ccccc2)cc2c1=C1C(=CC(c3ccccc3)=CC1=Nc1ccccc1)CN2c1ccccc1. The molecule has 2 nitrogen and oxygen atoms in total. The van der Waals surface area contributed by atoms with Crippen molar-refractivity contribution in [3.8, 4) is 11.1 Å². The summed E-state index contributed by atoms with van der Waals surface area (Å²) < 4.78 is 0. The van der Waals surface area contributed by atoms with Crippen LogP contribution >= 0.6 is 0 Å². The van der Waals surface area contributed by atoms with E-state index < -0.39 is 0 Å². The monoisotopic (exact) mass is 526 g/mol. The summed E-state index contributed by atoms with van der Waals surface area (Å²) in [7, 11) is 0. The second kappa shape index (κ2) is 10.7. The van der Waals surface area contributed by atoms with Crippen LogP contribution in [0.4, 0.5) is 17.1 Å². The molecule has 2 aliphatic rings. The van der Waals surface area contributed by atoms with Gasteiger partial charge in [0.15, 0.2) is 0 Å². The van der Waals surface area contributed by atoms with Crippen molar-refractivity contribution in [2.24, 2.45) is 4.99 Å². The highest BCUT2D eigenvalue weighted by Crippen LogP contribution is 2.37. The second-order valence-corrected chi connectivity index (χ2v) is 10.4. The summed E-state index contributed by atoms with van der Waals surface area (Å²) in [5, 5.41) is 2.44. The fourth-order valence-electron chi connectivity index (χ4n) is 5.88. The lowest BCUT2D eigenvalue weighted by molar-refractivity contribution is 1.04. The van der Waals surface area contributed by atoms with Gasteiger partial charge in [0.2, 0.25) is 0 Å². The zero-order valence-corrected chi connectivity index (χ0v) is 23.0. The minimum atomic E-state index is 0.756. The molecule has 0 bridgehead atoms. The topological polar surface area (TPSA) is 15.6 Å². The Bertz CT molecular complexity index is 1930. The number of anilines is 2. The van der Waals surface area contributed by atoms with Gasteiger partial charge in [0.1, 0.15) is 0 Å². The van der Waals surface area contributed by atoms with E-state index in [-0.39, 0.29) is 0 Å². The number of para-hydroxylation sites is 2. The minimum absolute atomic E-state index is 0.756. The molecule has 1 aliphatic carbocycles. The lowest BCUT2D eigenvalue weighted by Gasteiger charge is -2.35. The maximum atomic E-state index is 5.26. The molecule has 1 aliphatic heterocycles. The number of nitrogens with zero attached hydrogens (tertiary/aromatic N) is 2. The van der Waals surface area contributed by atoms with E-state index in [9.17, 15) is 0 Å². The second-order valence-electron chi connectivity index (χ2n) is 10.4. The van der Waals surface area contributed by atoms with Crippen LogP contribution in [0.3, 0.4) is 0 Å². The molecule has 0 atom stereocenters. The van der Waals surface area contributed by atoms with Crippen LogP contribution in [0, 0.1) is 0 Å². The van der Waals surface area contributed by atoms with E-state index in [0.29, 0.717) is 0 Å². The van der Waals surface area contributed by atoms with Crippen LogP contribution in [0.1, 0.15) is 12.5 Å². The molecule has 0 N–H and O–H groups in total. The first-order valence-corrected chi connectivity index (χ1v) is 14.1. The summed E-state index contributed by atoms with van der Waals surface area (Å²) in [6.45, 7) is 2.89. The number of rotatable bonds is 4. The lowest BCUT2D eigenvalue weighted by Crippen LogP contribution is -2.42. The minimum Gasteiger partial charge on any atom is -0.336 e. The molecule has 0 unspecified atom stereocenters. The Hall–Kier alpha value is -5.21. The first kappa shape index (κ1) is 24.8. The molecule has 7 rings (SSSR count). The van der Waals surface area contributed by atoms with Crippen LogP contribution in [0.2, 0.25) is 0 Å². The molecule has 196 valence electrons. The Kier molecular flexibility index (Phi) is 6.50. The number of hydrogen-bond acceptors (Lipinski definition) is 2. The van der Waals surface area contributed by atoms with E-state index in [0.717, 1.165) is 17.9 Å². The number of benzene rings is 5. The van der Waals surface area contributed by atoms with Gasteiger partial charge in [0.25, 0.3) is 0 Å². The van der Waals surface area contributed by atoms with Gasteiger partial charge in [-0.3, -0.25) is 0 Å². The van der Waals surface area contributed by atoms with Crippen molar-refractivity contribution >= 4 is 40.0 Å². The van der Waals surface area contributed by atoms with Crippen molar-refractivity contribution < 1.29 is 0 Å². The van der Waals surface area contributed by atoms with E-state index in [1.165, 1.54) is 55.2 Å². The summed E-state index contributed by atoms with van der Waals surface area (Å²) in [6, 6.07) is 47.0. The summed E-state index contributed by atoms with van der Waals surface area (Å²) in [4.78, 5) is 7.72. The smallest absolute Gasteiger partial charge is 0.0725 e. The van der Waals surface area contributed by atoms with Gasteiger partial charge in [-0.25, -0.2) is 4.99 Å². The first-order valence-electron chi connectivity index (χ1n) is 14.1. The Labute approximate surface area is 241 Å². The zero-order chi connectivity index (χ0) is 27.6. The van der Waals surface area contributed by atoms with Crippen LogP contribution in [0.15, 0.2) is 156 Å². The Morgan fingerprint density at radius 1 is 0.634 bits per heavy atom. The molecule has 5 aromatic rings. The molecule has 41 heavy (non-hydrogen) atoms. The summed E-state index contributed by atoms with van der Waals surface area (Å²) in [5.74, 6) is 0. The maximum absolute atomic E-state index is 5.26. The highest BCUT2D eigenvalue weighted by Gasteiger charge is 2.28. The highest BCUT2D eigenvalue weighted by molar-refractivity contribution is 6.34. The average Bonchev–Trinajstić information content (AvgIpc) is 3.05. The summed E-state index contributed by atoms with van der Waals surface area (Å²) in [5.41, 5.74) is 11.6. The Morgan fingerprint density at radius 2 is 1.24 bits per heavy atom. The predicted octanol–water partition coefficient (Wildman–Crippen LogP) is 8.25. The molecule has 0 aromatic heterocycles. The summed E-state index contributed by atoms with van der Waals surface area (Å²) >= 11 is 0. The van der Waals surface area contributed by atoms with Gasteiger partial charge in [-0.05, 0) is 88.5 Å². The van der Waals surface area contributed by atoms with Crippen molar-refractivity contribution in [1.29, 1.82) is 0 Å². The quantitative estimate of drug-likeness (QED) is 0.230. The van der Waals surface area contributed by atoms with Gasteiger partial charge in [-0.2, -0.15) is 0 Å². The fourth-order valence-corrected chi connectivity index (χ4v) is 5.88. The van der Waals surface area contributed by atoms with Crippen LogP contribution in [0.25, 0.3) is 28.3 Å². The van der Waals surface area contributed by atoms with Gasteiger partial charge in [0, 0.05) is 23.0 Å². The van der Waals surface area contributed by atoms with E-state index in [4.69, 9.17) is 4.99 Å². The molecule has 0 saturated heterocycles. The number of hydrogen-bond donors (Lipinski definition) is 0. The Morgan fingerprint density at radius 3 is 1.90 bits per heavy atom.